The second kappa shape index (κ2) is 11.4. The Morgan fingerprint density at radius 3 is 1.86 bits per heavy atom. The molecule has 10 rings (SSSR count). The van der Waals surface area contributed by atoms with Gasteiger partial charge in [-0.25, -0.2) is 0 Å². The normalized spacial score (nSPS) is 13.1. The molecule has 0 amide bonds. The van der Waals surface area contributed by atoms with Crippen LogP contribution in [0.15, 0.2) is 176 Å². The molecule has 236 valence electrons. The number of fused-ring (bicyclic) bond motifs is 8. The van der Waals surface area contributed by atoms with Crippen LogP contribution in [0.5, 0.6) is 0 Å². The van der Waals surface area contributed by atoms with Crippen molar-refractivity contribution >= 4 is 42.3 Å². The minimum atomic E-state index is -0.492. The highest BCUT2D eigenvalue weighted by atomic mass is 32.1. The second-order valence-electron chi connectivity index (χ2n) is 13.7. The Kier molecular flexibility index (Phi) is 6.66. The lowest BCUT2D eigenvalue weighted by atomic mass is 9.67. The van der Waals surface area contributed by atoms with Crippen LogP contribution in [0.25, 0.3) is 53.2 Å². The zero-order valence-electron chi connectivity index (χ0n) is 27.9. The van der Waals surface area contributed by atoms with E-state index in [1.165, 1.54) is 92.1 Å². The molecule has 1 heteroatoms. The van der Waals surface area contributed by atoms with Gasteiger partial charge in [-0.15, -0.1) is 11.3 Å². The van der Waals surface area contributed by atoms with Crippen LogP contribution >= 0.6 is 11.3 Å². The van der Waals surface area contributed by atoms with E-state index in [2.05, 4.69) is 183 Å². The van der Waals surface area contributed by atoms with Crippen molar-refractivity contribution < 1.29 is 0 Å². The van der Waals surface area contributed by atoms with E-state index in [9.17, 15) is 0 Å². The number of hydrogen-bond donors (Lipinski definition) is 0. The van der Waals surface area contributed by atoms with Gasteiger partial charge in [0.25, 0.3) is 0 Å². The van der Waals surface area contributed by atoms with Crippen molar-refractivity contribution in [3.05, 3.63) is 215 Å². The van der Waals surface area contributed by atoms with E-state index in [0.29, 0.717) is 0 Å². The van der Waals surface area contributed by atoms with Crippen LogP contribution in [0.3, 0.4) is 0 Å². The zero-order valence-corrected chi connectivity index (χ0v) is 28.7. The Hall–Kier alpha value is -5.76. The topological polar surface area (TPSA) is 0 Å². The minimum Gasteiger partial charge on any atom is -0.135 e. The Bertz CT molecular complexity index is 2680. The molecule has 0 aliphatic heterocycles. The summed E-state index contributed by atoms with van der Waals surface area (Å²) in [4.78, 5) is 0. The van der Waals surface area contributed by atoms with Gasteiger partial charge in [-0.2, -0.15) is 0 Å². The fourth-order valence-corrected chi connectivity index (χ4v) is 9.84. The van der Waals surface area contributed by atoms with E-state index in [-0.39, 0.29) is 0 Å². The summed E-state index contributed by atoms with van der Waals surface area (Å²) in [6.07, 6.45) is 0.872. The monoisotopic (exact) mass is 654 g/mol. The molecule has 1 aliphatic carbocycles. The van der Waals surface area contributed by atoms with Gasteiger partial charge in [-0.1, -0.05) is 163 Å². The Morgan fingerprint density at radius 1 is 0.480 bits per heavy atom. The highest BCUT2D eigenvalue weighted by Gasteiger charge is 2.47. The fraction of sp³-hybridized carbons (Fsp3) is 0.0612. The predicted octanol–water partition coefficient (Wildman–Crippen LogP) is 13.1. The van der Waals surface area contributed by atoms with Crippen molar-refractivity contribution in [2.45, 2.75) is 18.8 Å². The molecule has 1 heterocycles. The lowest BCUT2D eigenvalue weighted by Gasteiger charge is -2.34. The smallest absolute Gasteiger partial charge is 0.0714 e. The molecule has 0 unspecified atom stereocenters. The standard InChI is InChI=1S/C49H34S/c1-32-23-26-34(27-24-32)42-31-44-48(39-19-9-8-18-38(39)42)40-28-25-33(29-35-13-12-22-46-47(35)41-20-10-11-21-45(41)50-46)30-43(40)49(44,36-14-4-2-5-15-36)37-16-6-3-7-17-37/h2-28,30-31H,29H2,1H3. The highest BCUT2D eigenvalue weighted by molar-refractivity contribution is 7.25. The average Bonchev–Trinajstić information content (AvgIpc) is 3.70. The van der Waals surface area contributed by atoms with Gasteiger partial charge in [0.05, 0.1) is 5.41 Å². The van der Waals surface area contributed by atoms with Gasteiger partial charge in [0.2, 0.25) is 0 Å². The van der Waals surface area contributed by atoms with E-state index < -0.39 is 5.41 Å². The molecule has 0 fully saturated rings. The molecule has 0 N–H and O–H groups in total. The molecule has 0 saturated carbocycles. The van der Waals surface area contributed by atoms with E-state index in [0.717, 1.165) is 6.42 Å². The molecule has 0 saturated heterocycles. The van der Waals surface area contributed by atoms with Gasteiger partial charge in [0, 0.05) is 20.2 Å². The van der Waals surface area contributed by atoms with Crippen LogP contribution in [0.1, 0.15) is 38.9 Å². The van der Waals surface area contributed by atoms with Gasteiger partial charge in [0.1, 0.15) is 0 Å². The first kappa shape index (κ1) is 29.2. The maximum absolute atomic E-state index is 2.53. The Balaban J connectivity index is 1.28. The van der Waals surface area contributed by atoms with E-state index in [4.69, 9.17) is 0 Å². The second-order valence-corrected chi connectivity index (χ2v) is 14.8. The van der Waals surface area contributed by atoms with Crippen LogP contribution < -0.4 is 0 Å². The molecule has 0 bridgehead atoms. The van der Waals surface area contributed by atoms with Crippen molar-refractivity contribution in [2.75, 3.05) is 0 Å². The quantitative estimate of drug-likeness (QED) is 0.173. The van der Waals surface area contributed by atoms with Gasteiger partial charge in [-0.05, 0) is 98.0 Å². The van der Waals surface area contributed by atoms with Gasteiger partial charge >= 0.3 is 0 Å². The predicted molar refractivity (Wildman–Crippen MR) is 214 cm³/mol. The molecule has 8 aromatic carbocycles. The molecule has 50 heavy (non-hydrogen) atoms. The van der Waals surface area contributed by atoms with E-state index in [1.54, 1.807) is 0 Å². The average molecular weight is 655 g/mol. The van der Waals surface area contributed by atoms with Crippen LogP contribution in [0.2, 0.25) is 0 Å². The summed E-state index contributed by atoms with van der Waals surface area (Å²) in [6, 6.07) is 66.0. The molecule has 0 spiro atoms. The summed E-state index contributed by atoms with van der Waals surface area (Å²) in [6.45, 7) is 2.16. The van der Waals surface area contributed by atoms with Crippen LogP contribution in [0.4, 0.5) is 0 Å². The molecule has 0 atom stereocenters. The maximum Gasteiger partial charge on any atom is 0.0714 e. The lowest BCUT2D eigenvalue weighted by molar-refractivity contribution is 0.768. The van der Waals surface area contributed by atoms with Crippen LogP contribution in [0, 0.1) is 6.92 Å². The number of hydrogen-bond acceptors (Lipinski definition) is 1. The van der Waals surface area contributed by atoms with Gasteiger partial charge < -0.3 is 0 Å². The van der Waals surface area contributed by atoms with Crippen molar-refractivity contribution in [3.63, 3.8) is 0 Å². The lowest BCUT2D eigenvalue weighted by Crippen LogP contribution is -2.28. The first-order valence-electron chi connectivity index (χ1n) is 17.5. The van der Waals surface area contributed by atoms with Crippen molar-refractivity contribution in [3.8, 4) is 22.3 Å². The minimum absolute atomic E-state index is 0.492. The summed E-state index contributed by atoms with van der Waals surface area (Å²) in [5.74, 6) is 0. The first-order chi connectivity index (χ1) is 24.7. The largest absolute Gasteiger partial charge is 0.135 e. The summed E-state index contributed by atoms with van der Waals surface area (Å²) in [7, 11) is 0. The van der Waals surface area contributed by atoms with Gasteiger partial charge in [-0.3, -0.25) is 0 Å². The van der Waals surface area contributed by atoms with Gasteiger partial charge in [0.15, 0.2) is 0 Å². The summed E-state index contributed by atoms with van der Waals surface area (Å²) >= 11 is 1.89. The molecule has 1 aliphatic rings. The third-order valence-electron chi connectivity index (χ3n) is 10.9. The molecule has 1 aromatic heterocycles. The van der Waals surface area contributed by atoms with E-state index >= 15 is 0 Å². The summed E-state index contributed by atoms with van der Waals surface area (Å²) in [5.41, 5.74) is 14.0. The SMILES string of the molecule is Cc1ccc(-c2cc3c(c4ccccc24)-c2ccc(Cc4cccc5sc6ccccc6c45)cc2C3(c2ccccc2)c2ccccc2)cc1. The molecule has 0 radical (unpaired) electrons. The van der Waals surface area contributed by atoms with Crippen LogP contribution in [-0.4, -0.2) is 0 Å². The number of thiophene rings is 1. The maximum atomic E-state index is 2.53. The molecule has 9 aromatic rings. The first-order valence-corrected chi connectivity index (χ1v) is 18.3. The Morgan fingerprint density at radius 2 is 1.12 bits per heavy atom. The molecular formula is C49H34S. The summed E-state index contributed by atoms with van der Waals surface area (Å²) in [5, 5.41) is 5.34. The number of rotatable bonds is 5. The number of benzene rings is 8. The molecule has 0 nitrogen and oxygen atoms in total. The zero-order chi connectivity index (χ0) is 33.2. The van der Waals surface area contributed by atoms with Crippen molar-refractivity contribution in [1.82, 2.24) is 0 Å². The third-order valence-corrected chi connectivity index (χ3v) is 12.0. The molecular weight excluding hydrogens is 621 g/mol. The fourth-order valence-electron chi connectivity index (χ4n) is 8.69. The van der Waals surface area contributed by atoms with Crippen LogP contribution in [-0.2, 0) is 11.8 Å². The Labute approximate surface area is 296 Å². The summed E-state index contributed by atoms with van der Waals surface area (Å²) < 4.78 is 2.71. The van der Waals surface area contributed by atoms with Crippen molar-refractivity contribution in [2.24, 2.45) is 0 Å². The van der Waals surface area contributed by atoms with E-state index in [1.807, 2.05) is 11.3 Å². The third kappa shape index (κ3) is 4.30. The highest BCUT2D eigenvalue weighted by Crippen LogP contribution is 2.59. The van der Waals surface area contributed by atoms with Crippen molar-refractivity contribution in [1.29, 1.82) is 0 Å². The number of aryl methyl sites for hydroxylation is 1.